The molecule has 2 atom stereocenters. The number of amides is 1. The first-order valence-corrected chi connectivity index (χ1v) is 10.0. The summed E-state index contributed by atoms with van der Waals surface area (Å²) in [4.78, 5) is 28.3. The third-order valence-electron chi connectivity index (χ3n) is 5.33. The molecule has 3 aromatic heterocycles. The van der Waals surface area contributed by atoms with Crippen molar-refractivity contribution in [3.63, 3.8) is 0 Å². The van der Waals surface area contributed by atoms with Crippen molar-refractivity contribution in [1.29, 1.82) is 0 Å². The molecular weight excluding hydrogens is 384 g/mol. The molecule has 9 nitrogen and oxygen atoms in total. The van der Waals surface area contributed by atoms with Gasteiger partial charge in [0.2, 0.25) is 5.76 Å². The first-order chi connectivity index (χ1) is 14.6. The Morgan fingerprint density at radius 3 is 2.77 bits per heavy atom. The van der Waals surface area contributed by atoms with Gasteiger partial charge in [-0.05, 0) is 56.2 Å². The van der Waals surface area contributed by atoms with Gasteiger partial charge >= 0.3 is 0 Å². The Balaban J connectivity index is 1.23. The van der Waals surface area contributed by atoms with Crippen LogP contribution in [-0.2, 0) is 0 Å². The van der Waals surface area contributed by atoms with Crippen molar-refractivity contribution in [3.05, 3.63) is 64.5 Å². The second-order valence-corrected chi connectivity index (χ2v) is 7.64. The molecule has 0 aromatic carbocycles. The highest BCUT2D eigenvalue weighted by Gasteiger charge is 2.25. The second kappa shape index (κ2) is 8.89. The quantitative estimate of drug-likeness (QED) is 0.616. The van der Waals surface area contributed by atoms with Gasteiger partial charge in [0.1, 0.15) is 5.82 Å². The molecule has 0 spiro atoms. The van der Waals surface area contributed by atoms with E-state index in [1.54, 1.807) is 31.5 Å². The normalized spacial score (nSPS) is 18.3. The third-order valence-corrected chi connectivity index (χ3v) is 5.33. The molecule has 3 aromatic rings. The van der Waals surface area contributed by atoms with E-state index in [0.29, 0.717) is 29.8 Å². The van der Waals surface area contributed by atoms with Gasteiger partial charge in [-0.2, -0.15) is 9.78 Å². The van der Waals surface area contributed by atoms with E-state index in [1.165, 1.54) is 10.7 Å². The fourth-order valence-electron chi connectivity index (χ4n) is 3.76. The lowest BCUT2D eigenvalue weighted by molar-refractivity contribution is 0.0910. The predicted octanol–water partition coefficient (Wildman–Crippen LogP) is 2.18. The first kappa shape index (κ1) is 19.8. The van der Waals surface area contributed by atoms with Gasteiger partial charge in [0.25, 0.3) is 11.5 Å². The monoisotopic (exact) mass is 408 g/mol. The number of anilines is 1. The number of nitrogens with one attached hydrogen (secondary N) is 2. The van der Waals surface area contributed by atoms with Crippen molar-refractivity contribution >= 4 is 11.7 Å². The zero-order valence-corrected chi connectivity index (χ0v) is 16.7. The molecule has 156 valence electrons. The van der Waals surface area contributed by atoms with Gasteiger partial charge in [0.15, 0.2) is 0 Å². The van der Waals surface area contributed by atoms with Crippen molar-refractivity contribution in [1.82, 2.24) is 25.2 Å². The molecule has 1 amide bonds. The van der Waals surface area contributed by atoms with Gasteiger partial charge < -0.3 is 15.2 Å². The van der Waals surface area contributed by atoms with Crippen LogP contribution in [0.3, 0.4) is 0 Å². The molecule has 1 aliphatic rings. The molecule has 0 aliphatic heterocycles. The van der Waals surface area contributed by atoms with E-state index in [9.17, 15) is 9.59 Å². The average molecular weight is 408 g/mol. The van der Waals surface area contributed by atoms with Crippen LogP contribution in [0.5, 0.6) is 0 Å². The lowest BCUT2D eigenvalue weighted by Gasteiger charge is -2.13. The summed E-state index contributed by atoms with van der Waals surface area (Å²) >= 11 is 0. The molecule has 1 aliphatic carbocycles. The molecule has 0 saturated heterocycles. The number of carbonyl (C=O) groups excluding carboxylic acids is 1. The van der Waals surface area contributed by atoms with Gasteiger partial charge in [-0.25, -0.2) is 4.98 Å². The molecule has 30 heavy (non-hydrogen) atoms. The second-order valence-electron chi connectivity index (χ2n) is 7.64. The molecule has 3 heterocycles. The molecule has 1 saturated carbocycles. The number of aromatic nitrogens is 4. The number of nitrogens with zero attached hydrogens (tertiary/aromatic N) is 4. The maximum absolute atomic E-state index is 12.1. The molecule has 0 bridgehead atoms. The minimum Gasteiger partial charge on any atom is -0.370 e. The highest BCUT2D eigenvalue weighted by atomic mass is 16.5. The smallest absolute Gasteiger partial charge is 0.289 e. The average Bonchev–Trinajstić information content (AvgIpc) is 3.40. The van der Waals surface area contributed by atoms with Crippen molar-refractivity contribution < 1.29 is 9.32 Å². The fourth-order valence-corrected chi connectivity index (χ4v) is 3.76. The minimum atomic E-state index is -0.214. The molecule has 0 radical (unpaired) electrons. The first-order valence-electron chi connectivity index (χ1n) is 10.0. The highest BCUT2D eigenvalue weighted by Crippen LogP contribution is 2.30. The van der Waals surface area contributed by atoms with E-state index in [-0.39, 0.29) is 17.2 Å². The summed E-state index contributed by atoms with van der Waals surface area (Å²) in [5.74, 6) is 1.79. The van der Waals surface area contributed by atoms with E-state index in [2.05, 4.69) is 25.9 Å². The van der Waals surface area contributed by atoms with Gasteiger partial charge in [-0.1, -0.05) is 5.16 Å². The Bertz CT molecular complexity index is 1060. The minimum absolute atomic E-state index is 0.192. The summed E-state index contributed by atoms with van der Waals surface area (Å²) in [6, 6.07) is 8.38. The van der Waals surface area contributed by atoms with Gasteiger partial charge in [0, 0.05) is 31.4 Å². The molecular formula is C21H24N6O3. The molecule has 9 heteroatoms. The number of hydrogen-bond acceptors (Lipinski definition) is 7. The number of aryl methyl sites for hydroxylation is 1. The van der Waals surface area contributed by atoms with E-state index in [4.69, 9.17) is 4.52 Å². The van der Waals surface area contributed by atoms with Crippen LogP contribution in [0.25, 0.3) is 5.69 Å². The molecule has 4 rings (SSSR count). The zero-order valence-electron chi connectivity index (χ0n) is 16.7. The van der Waals surface area contributed by atoms with Crippen LogP contribution in [0.2, 0.25) is 0 Å². The van der Waals surface area contributed by atoms with E-state index in [0.717, 1.165) is 31.6 Å². The SMILES string of the molecule is Cc1cc(C(=O)NC[C@H]2CC[C@@H](CNc3ccc(-n4ncccc4=O)cn3)C2)on1. The third kappa shape index (κ3) is 4.73. The van der Waals surface area contributed by atoms with Gasteiger partial charge in [-0.15, -0.1) is 0 Å². The maximum Gasteiger partial charge on any atom is 0.289 e. The largest absolute Gasteiger partial charge is 0.370 e. The van der Waals surface area contributed by atoms with Gasteiger partial charge in [-0.3, -0.25) is 9.59 Å². The van der Waals surface area contributed by atoms with Crippen LogP contribution in [0.4, 0.5) is 5.82 Å². The lowest BCUT2D eigenvalue weighted by Crippen LogP contribution is -2.28. The number of pyridine rings is 1. The van der Waals surface area contributed by atoms with Crippen LogP contribution < -0.4 is 16.2 Å². The van der Waals surface area contributed by atoms with Crippen LogP contribution in [0, 0.1) is 18.8 Å². The summed E-state index contributed by atoms with van der Waals surface area (Å²) in [7, 11) is 0. The maximum atomic E-state index is 12.1. The van der Waals surface area contributed by atoms with E-state index in [1.807, 2.05) is 12.1 Å². The van der Waals surface area contributed by atoms with Crippen LogP contribution in [-0.4, -0.2) is 38.9 Å². The molecule has 2 N–H and O–H groups in total. The number of carbonyl (C=O) groups is 1. The Labute approximate surface area is 173 Å². The molecule has 0 unspecified atom stereocenters. The number of hydrogen-bond donors (Lipinski definition) is 2. The van der Waals surface area contributed by atoms with Crippen molar-refractivity contribution in [3.8, 4) is 5.69 Å². The van der Waals surface area contributed by atoms with Crippen molar-refractivity contribution in [2.75, 3.05) is 18.4 Å². The lowest BCUT2D eigenvalue weighted by atomic mass is 10.0. The van der Waals surface area contributed by atoms with E-state index >= 15 is 0 Å². The Kier molecular flexibility index (Phi) is 5.87. The van der Waals surface area contributed by atoms with Crippen LogP contribution in [0.15, 0.2) is 52.0 Å². The summed E-state index contributed by atoms with van der Waals surface area (Å²) in [5.41, 5.74) is 1.13. The molecule has 1 fully saturated rings. The predicted molar refractivity (Wildman–Crippen MR) is 111 cm³/mol. The van der Waals surface area contributed by atoms with Crippen molar-refractivity contribution in [2.24, 2.45) is 11.8 Å². The summed E-state index contributed by atoms with van der Waals surface area (Å²) in [6.45, 7) is 3.25. The summed E-state index contributed by atoms with van der Waals surface area (Å²) in [5, 5.41) is 14.1. The number of rotatable bonds is 7. The van der Waals surface area contributed by atoms with Crippen molar-refractivity contribution in [2.45, 2.75) is 26.2 Å². The zero-order chi connectivity index (χ0) is 20.9. The topological polar surface area (TPSA) is 115 Å². The summed E-state index contributed by atoms with van der Waals surface area (Å²) < 4.78 is 6.30. The Hall–Kier alpha value is -3.49. The fraction of sp³-hybridized carbons (Fsp3) is 0.381. The highest BCUT2D eigenvalue weighted by molar-refractivity contribution is 5.91. The Morgan fingerprint density at radius 2 is 2.07 bits per heavy atom. The Morgan fingerprint density at radius 1 is 1.23 bits per heavy atom. The summed E-state index contributed by atoms with van der Waals surface area (Å²) in [6.07, 6.45) is 6.44. The van der Waals surface area contributed by atoms with E-state index < -0.39 is 0 Å². The van der Waals surface area contributed by atoms with Crippen LogP contribution >= 0.6 is 0 Å². The van der Waals surface area contributed by atoms with Crippen LogP contribution in [0.1, 0.15) is 35.5 Å². The van der Waals surface area contributed by atoms with Gasteiger partial charge in [0.05, 0.1) is 17.6 Å². The standard InChI is InChI=1S/C21H24N6O3/c1-14-9-18(30-26-14)21(29)24-12-16-5-4-15(10-16)11-22-19-7-6-17(13-23-19)27-20(28)3-2-8-25-27/h2-3,6-9,13,15-16H,4-5,10-12H2,1H3,(H,22,23)(H,24,29)/t15-,16+/m1/s1.